The van der Waals surface area contributed by atoms with E-state index >= 15 is 0 Å². The molecule has 0 bridgehead atoms. The molecule has 1 amide bonds. The number of amides is 1. The van der Waals surface area contributed by atoms with E-state index in [0.717, 1.165) is 0 Å². The van der Waals surface area contributed by atoms with E-state index in [1.54, 1.807) is 0 Å². The fourth-order valence-corrected chi connectivity index (χ4v) is 0.234. The van der Waals surface area contributed by atoms with Crippen molar-refractivity contribution >= 4 is 24.7 Å². The van der Waals surface area contributed by atoms with Crippen molar-refractivity contribution in [2.24, 2.45) is 11.5 Å². The number of carboxylic acids is 1. The Labute approximate surface area is 68.6 Å². The Morgan fingerprint density at radius 1 is 1.45 bits per heavy atom. The highest BCUT2D eigenvalue weighted by molar-refractivity contribution is 7.80. The zero-order valence-corrected chi connectivity index (χ0v) is 6.49. The maximum absolute atomic E-state index is 9.76. The molecule has 0 heterocycles. The number of rotatable bonds is 2. The average Bonchev–Trinajstić information content (AvgIpc) is 1.85. The van der Waals surface area contributed by atoms with Gasteiger partial charge in [-0.25, -0.2) is 4.79 Å². The molecule has 0 aliphatic heterocycles. The SMILES string of the molecule is NC(=O)O.NC(CS)C(=O)O. The lowest BCUT2D eigenvalue weighted by Gasteiger charge is -1.96. The van der Waals surface area contributed by atoms with Crippen LogP contribution < -0.4 is 11.5 Å². The predicted molar refractivity (Wildman–Crippen MR) is 41.7 cm³/mol. The molecule has 0 fully saturated rings. The quantitative estimate of drug-likeness (QED) is 0.348. The molecule has 1 unspecified atom stereocenters. The molecule has 0 aliphatic rings. The van der Waals surface area contributed by atoms with Gasteiger partial charge in [-0.15, -0.1) is 0 Å². The first-order chi connectivity index (χ1) is 4.91. The highest BCUT2D eigenvalue weighted by atomic mass is 32.1. The molecule has 0 aromatic heterocycles. The highest BCUT2D eigenvalue weighted by Gasteiger charge is 2.06. The topological polar surface area (TPSA) is 127 Å². The van der Waals surface area contributed by atoms with E-state index in [-0.39, 0.29) is 5.75 Å². The second-order valence-corrected chi connectivity index (χ2v) is 1.83. The molecule has 0 saturated carbocycles. The van der Waals surface area contributed by atoms with Gasteiger partial charge in [-0.3, -0.25) is 4.79 Å². The van der Waals surface area contributed by atoms with Gasteiger partial charge in [0.05, 0.1) is 0 Å². The Balaban J connectivity index is 0. The molecule has 0 spiro atoms. The Hall–Kier alpha value is -0.950. The largest absolute Gasteiger partial charge is 0.480 e. The summed E-state index contributed by atoms with van der Waals surface area (Å²) in [6, 6.07) is -0.816. The molecule has 0 aromatic rings. The minimum Gasteiger partial charge on any atom is -0.480 e. The lowest BCUT2D eigenvalue weighted by molar-refractivity contribution is -0.137. The predicted octanol–water partition coefficient (Wildman–Crippen LogP) is -1.05. The molecule has 11 heavy (non-hydrogen) atoms. The number of thiol groups is 1. The van der Waals surface area contributed by atoms with Crippen LogP contribution >= 0.6 is 12.6 Å². The Kier molecular flexibility index (Phi) is 8.27. The molecule has 0 aromatic carbocycles. The van der Waals surface area contributed by atoms with Gasteiger partial charge in [-0.05, 0) is 0 Å². The second kappa shape index (κ2) is 7.16. The summed E-state index contributed by atoms with van der Waals surface area (Å²) in [5, 5.41) is 15.2. The molecular weight excluding hydrogens is 172 g/mol. The van der Waals surface area contributed by atoms with Crippen molar-refractivity contribution in [2.75, 3.05) is 5.75 Å². The number of hydrogen-bond donors (Lipinski definition) is 5. The molecule has 0 radical (unpaired) electrons. The van der Waals surface area contributed by atoms with Crippen LogP contribution in [0.2, 0.25) is 0 Å². The van der Waals surface area contributed by atoms with Crippen molar-refractivity contribution in [2.45, 2.75) is 6.04 Å². The number of nitrogens with two attached hydrogens (primary N) is 2. The van der Waals surface area contributed by atoms with E-state index in [1.807, 2.05) is 0 Å². The van der Waals surface area contributed by atoms with Crippen LogP contribution in [0.3, 0.4) is 0 Å². The van der Waals surface area contributed by atoms with Crippen molar-refractivity contribution in [3.8, 4) is 0 Å². The van der Waals surface area contributed by atoms with Crippen LogP contribution in [-0.2, 0) is 4.79 Å². The van der Waals surface area contributed by atoms with E-state index in [1.165, 1.54) is 0 Å². The number of carbonyl (C=O) groups is 2. The molecular formula is C4H10N2O4S. The molecule has 0 aliphatic carbocycles. The van der Waals surface area contributed by atoms with Gasteiger partial charge in [0, 0.05) is 5.75 Å². The molecule has 66 valence electrons. The van der Waals surface area contributed by atoms with Crippen LogP contribution in [0.1, 0.15) is 0 Å². The van der Waals surface area contributed by atoms with Gasteiger partial charge in [-0.1, -0.05) is 0 Å². The summed E-state index contributed by atoms with van der Waals surface area (Å²) < 4.78 is 0. The zero-order valence-electron chi connectivity index (χ0n) is 5.60. The van der Waals surface area contributed by atoms with Gasteiger partial charge in [-0.2, -0.15) is 12.6 Å². The van der Waals surface area contributed by atoms with Crippen molar-refractivity contribution in [1.82, 2.24) is 0 Å². The van der Waals surface area contributed by atoms with Crippen molar-refractivity contribution < 1.29 is 19.8 Å². The lowest BCUT2D eigenvalue weighted by Crippen LogP contribution is -2.31. The maximum atomic E-state index is 9.76. The summed E-state index contributed by atoms with van der Waals surface area (Å²) >= 11 is 3.65. The zero-order chi connectivity index (χ0) is 9.44. The van der Waals surface area contributed by atoms with Crippen molar-refractivity contribution in [1.29, 1.82) is 0 Å². The van der Waals surface area contributed by atoms with Crippen LogP contribution in [0, 0.1) is 0 Å². The Morgan fingerprint density at radius 2 is 1.73 bits per heavy atom. The standard InChI is InChI=1S/C3H7NO2S.CH3NO2/c4-2(1-7)3(5)6;2-1(3)4/h2,7H,1,4H2,(H,5,6);2H2,(H,3,4). The summed E-state index contributed by atoms with van der Waals surface area (Å²) in [5.41, 5.74) is 8.97. The monoisotopic (exact) mass is 182 g/mol. The summed E-state index contributed by atoms with van der Waals surface area (Å²) in [6.07, 6.45) is -1.33. The van der Waals surface area contributed by atoms with Gasteiger partial charge >= 0.3 is 12.1 Å². The van der Waals surface area contributed by atoms with E-state index < -0.39 is 18.1 Å². The number of primary amides is 1. The number of carboxylic acid groups (broad SMARTS) is 2. The summed E-state index contributed by atoms with van der Waals surface area (Å²) in [6.45, 7) is 0. The van der Waals surface area contributed by atoms with Crippen LogP contribution in [0.4, 0.5) is 4.79 Å². The third kappa shape index (κ3) is 17.6. The third-order valence-electron chi connectivity index (χ3n) is 0.514. The number of hydrogen-bond acceptors (Lipinski definition) is 4. The number of aliphatic carboxylic acids is 1. The molecule has 6 N–H and O–H groups in total. The molecule has 7 heteroatoms. The first-order valence-electron chi connectivity index (χ1n) is 2.49. The molecule has 6 nitrogen and oxygen atoms in total. The lowest BCUT2D eigenvalue weighted by atomic mass is 10.4. The van der Waals surface area contributed by atoms with Gasteiger partial charge in [0.25, 0.3) is 0 Å². The normalized spacial score (nSPS) is 10.7. The smallest absolute Gasteiger partial charge is 0.402 e. The summed E-state index contributed by atoms with van der Waals surface area (Å²) in [7, 11) is 0. The van der Waals surface area contributed by atoms with Crippen LogP contribution in [-0.4, -0.2) is 34.1 Å². The van der Waals surface area contributed by atoms with Gasteiger partial charge < -0.3 is 21.7 Å². The van der Waals surface area contributed by atoms with Gasteiger partial charge in [0.15, 0.2) is 0 Å². The van der Waals surface area contributed by atoms with Crippen molar-refractivity contribution in [3.05, 3.63) is 0 Å². The van der Waals surface area contributed by atoms with Crippen LogP contribution in [0.15, 0.2) is 0 Å². The first-order valence-corrected chi connectivity index (χ1v) is 3.12. The maximum Gasteiger partial charge on any atom is 0.402 e. The van der Waals surface area contributed by atoms with E-state index in [9.17, 15) is 4.79 Å². The van der Waals surface area contributed by atoms with E-state index in [0.29, 0.717) is 0 Å². The molecule has 0 saturated heterocycles. The van der Waals surface area contributed by atoms with Gasteiger partial charge in [0.2, 0.25) is 0 Å². The molecule has 1 atom stereocenters. The third-order valence-corrected chi connectivity index (χ3v) is 0.907. The highest BCUT2D eigenvalue weighted by Crippen LogP contribution is 1.80. The van der Waals surface area contributed by atoms with E-state index in [4.69, 9.17) is 20.7 Å². The first kappa shape index (κ1) is 12.7. The fourth-order valence-electron chi connectivity index (χ4n) is 0.0781. The second-order valence-electron chi connectivity index (χ2n) is 1.47. The fraction of sp³-hybridized carbons (Fsp3) is 0.500. The van der Waals surface area contributed by atoms with Crippen molar-refractivity contribution in [3.63, 3.8) is 0 Å². The van der Waals surface area contributed by atoms with Crippen LogP contribution in [0.5, 0.6) is 0 Å². The minimum atomic E-state index is -1.33. The van der Waals surface area contributed by atoms with Gasteiger partial charge in [0.1, 0.15) is 6.04 Å². The molecule has 0 rings (SSSR count). The van der Waals surface area contributed by atoms with Crippen LogP contribution in [0.25, 0.3) is 0 Å². The Bertz CT molecular complexity index is 136. The Morgan fingerprint density at radius 3 is 1.73 bits per heavy atom. The summed E-state index contributed by atoms with van der Waals surface area (Å²) in [4.78, 5) is 18.5. The van der Waals surface area contributed by atoms with E-state index in [2.05, 4.69) is 18.4 Å². The summed E-state index contributed by atoms with van der Waals surface area (Å²) in [5.74, 6) is -0.815. The average molecular weight is 182 g/mol. The minimum absolute atomic E-state index is 0.190.